The molecule has 3 heteroatoms. The van der Waals surface area contributed by atoms with E-state index in [2.05, 4.69) is 58.5 Å². The molecule has 0 radical (unpaired) electrons. The normalized spacial score (nSPS) is 12.3. The Labute approximate surface area is 129 Å². The highest BCUT2D eigenvalue weighted by atomic mass is 79.9. The van der Waals surface area contributed by atoms with Crippen molar-refractivity contribution in [1.29, 1.82) is 0 Å². The maximum atomic E-state index is 6.12. The number of ether oxygens (including phenoxy) is 1. The van der Waals surface area contributed by atoms with Crippen molar-refractivity contribution in [3.8, 4) is 0 Å². The maximum Gasteiger partial charge on any atom is 0.0956 e. The number of hydrogen-bond donors (Lipinski definition) is 1. The summed E-state index contributed by atoms with van der Waals surface area (Å²) in [4.78, 5) is 0. The highest BCUT2D eigenvalue weighted by Crippen LogP contribution is 2.24. The van der Waals surface area contributed by atoms with Crippen LogP contribution < -0.4 is 5.32 Å². The van der Waals surface area contributed by atoms with Crippen LogP contribution in [0.5, 0.6) is 0 Å². The van der Waals surface area contributed by atoms with Crippen molar-refractivity contribution >= 4 is 15.9 Å². The molecule has 1 unspecified atom stereocenters. The molecule has 0 aliphatic carbocycles. The lowest BCUT2D eigenvalue weighted by molar-refractivity contribution is 0.0404. The maximum absolute atomic E-state index is 6.12. The lowest BCUT2D eigenvalue weighted by atomic mass is 10.0. The van der Waals surface area contributed by atoms with Crippen LogP contribution in [0.4, 0.5) is 0 Å². The van der Waals surface area contributed by atoms with Gasteiger partial charge in [-0.15, -0.1) is 0 Å². The van der Waals surface area contributed by atoms with Gasteiger partial charge < -0.3 is 10.1 Å². The molecule has 0 amide bonds. The SMILES string of the molecule is CNCC(OCc1ccccc1Br)c1ccccc1C. The van der Waals surface area contributed by atoms with Gasteiger partial charge in [-0.05, 0) is 36.7 Å². The number of likely N-dealkylation sites (N-methyl/N-ethyl adjacent to an activating group) is 1. The van der Waals surface area contributed by atoms with Crippen LogP contribution in [0, 0.1) is 6.92 Å². The van der Waals surface area contributed by atoms with Crippen LogP contribution in [-0.2, 0) is 11.3 Å². The van der Waals surface area contributed by atoms with E-state index in [0.717, 1.165) is 11.0 Å². The summed E-state index contributed by atoms with van der Waals surface area (Å²) in [5, 5.41) is 3.21. The minimum Gasteiger partial charge on any atom is -0.367 e. The molecule has 0 spiro atoms. The topological polar surface area (TPSA) is 21.3 Å². The van der Waals surface area contributed by atoms with E-state index in [-0.39, 0.29) is 6.10 Å². The van der Waals surface area contributed by atoms with Gasteiger partial charge in [0.1, 0.15) is 0 Å². The Morgan fingerprint density at radius 2 is 1.80 bits per heavy atom. The predicted molar refractivity (Wildman–Crippen MR) is 86.8 cm³/mol. The van der Waals surface area contributed by atoms with Gasteiger partial charge in [0.2, 0.25) is 0 Å². The van der Waals surface area contributed by atoms with Gasteiger partial charge in [0, 0.05) is 11.0 Å². The monoisotopic (exact) mass is 333 g/mol. The van der Waals surface area contributed by atoms with Crippen LogP contribution in [0.15, 0.2) is 53.0 Å². The molecule has 0 fully saturated rings. The predicted octanol–water partition coefficient (Wildman–Crippen LogP) is 4.23. The van der Waals surface area contributed by atoms with Crippen molar-refractivity contribution in [3.63, 3.8) is 0 Å². The lowest BCUT2D eigenvalue weighted by Crippen LogP contribution is -2.20. The molecular formula is C17H20BrNO. The van der Waals surface area contributed by atoms with Gasteiger partial charge in [-0.25, -0.2) is 0 Å². The van der Waals surface area contributed by atoms with Gasteiger partial charge in [0.15, 0.2) is 0 Å². The number of benzene rings is 2. The summed E-state index contributed by atoms with van der Waals surface area (Å²) in [5.41, 5.74) is 3.68. The lowest BCUT2D eigenvalue weighted by Gasteiger charge is -2.20. The second-order valence-corrected chi connectivity index (χ2v) is 5.66. The molecule has 0 aliphatic rings. The molecule has 0 aromatic heterocycles. The summed E-state index contributed by atoms with van der Waals surface area (Å²) >= 11 is 3.56. The minimum atomic E-state index is 0.0632. The van der Waals surface area contributed by atoms with E-state index in [4.69, 9.17) is 4.74 Å². The van der Waals surface area contributed by atoms with Crippen molar-refractivity contribution < 1.29 is 4.74 Å². The molecular weight excluding hydrogens is 314 g/mol. The molecule has 0 bridgehead atoms. The zero-order valence-corrected chi connectivity index (χ0v) is 13.5. The zero-order chi connectivity index (χ0) is 14.4. The molecule has 1 N–H and O–H groups in total. The van der Waals surface area contributed by atoms with Crippen molar-refractivity contribution in [2.75, 3.05) is 13.6 Å². The number of aryl methyl sites for hydroxylation is 1. The van der Waals surface area contributed by atoms with Crippen LogP contribution in [0.1, 0.15) is 22.8 Å². The average molecular weight is 334 g/mol. The Morgan fingerprint density at radius 1 is 1.10 bits per heavy atom. The largest absolute Gasteiger partial charge is 0.367 e. The molecule has 2 nitrogen and oxygen atoms in total. The Hall–Kier alpha value is -1.16. The first-order valence-electron chi connectivity index (χ1n) is 6.77. The molecule has 2 aromatic rings. The van der Waals surface area contributed by atoms with Gasteiger partial charge in [-0.3, -0.25) is 0 Å². The molecule has 0 saturated carbocycles. The van der Waals surface area contributed by atoms with E-state index < -0.39 is 0 Å². The quantitative estimate of drug-likeness (QED) is 0.853. The van der Waals surface area contributed by atoms with Crippen LogP contribution >= 0.6 is 15.9 Å². The van der Waals surface area contributed by atoms with Crippen molar-refractivity contribution in [1.82, 2.24) is 5.32 Å². The molecule has 1 atom stereocenters. The highest BCUT2D eigenvalue weighted by molar-refractivity contribution is 9.10. The molecule has 2 rings (SSSR count). The Bertz CT molecular complexity index is 556. The molecule has 0 saturated heterocycles. The third kappa shape index (κ3) is 3.92. The van der Waals surface area contributed by atoms with Gasteiger partial charge in [0.25, 0.3) is 0 Å². The fourth-order valence-corrected chi connectivity index (χ4v) is 2.60. The van der Waals surface area contributed by atoms with Crippen molar-refractivity contribution in [2.45, 2.75) is 19.6 Å². The van der Waals surface area contributed by atoms with E-state index in [9.17, 15) is 0 Å². The third-order valence-corrected chi connectivity index (χ3v) is 4.10. The molecule has 20 heavy (non-hydrogen) atoms. The summed E-state index contributed by atoms with van der Waals surface area (Å²) in [6.07, 6.45) is 0.0632. The Balaban J connectivity index is 2.11. The summed E-state index contributed by atoms with van der Waals surface area (Å²) in [6.45, 7) is 3.52. The van der Waals surface area contributed by atoms with Crippen LogP contribution in [-0.4, -0.2) is 13.6 Å². The van der Waals surface area contributed by atoms with E-state index in [1.807, 2.05) is 25.2 Å². The summed E-state index contributed by atoms with van der Waals surface area (Å²) in [5.74, 6) is 0. The molecule has 2 aromatic carbocycles. The van der Waals surface area contributed by atoms with E-state index in [1.165, 1.54) is 16.7 Å². The summed E-state index contributed by atoms with van der Waals surface area (Å²) in [6, 6.07) is 16.6. The number of halogens is 1. The van der Waals surface area contributed by atoms with E-state index in [0.29, 0.717) is 6.61 Å². The van der Waals surface area contributed by atoms with Gasteiger partial charge in [-0.1, -0.05) is 58.4 Å². The Kier molecular flexibility index (Phi) is 5.77. The first kappa shape index (κ1) is 15.2. The van der Waals surface area contributed by atoms with E-state index >= 15 is 0 Å². The standard InChI is InChI=1S/C17H20BrNO/c1-13-7-3-5-9-15(13)17(11-19-2)20-12-14-8-4-6-10-16(14)18/h3-10,17,19H,11-12H2,1-2H3. The molecule has 106 valence electrons. The fraction of sp³-hybridized carbons (Fsp3) is 0.294. The number of hydrogen-bond acceptors (Lipinski definition) is 2. The zero-order valence-electron chi connectivity index (χ0n) is 11.9. The van der Waals surface area contributed by atoms with E-state index in [1.54, 1.807) is 0 Å². The van der Waals surface area contributed by atoms with Gasteiger partial charge >= 0.3 is 0 Å². The first-order valence-corrected chi connectivity index (χ1v) is 7.57. The number of nitrogens with one attached hydrogen (secondary N) is 1. The second-order valence-electron chi connectivity index (χ2n) is 4.81. The van der Waals surface area contributed by atoms with Crippen LogP contribution in [0.3, 0.4) is 0 Å². The smallest absolute Gasteiger partial charge is 0.0956 e. The molecule has 0 aliphatic heterocycles. The van der Waals surface area contributed by atoms with Crippen molar-refractivity contribution in [2.24, 2.45) is 0 Å². The van der Waals surface area contributed by atoms with Crippen molar-refractivity contribution in [3.05, 3.63) is 69.7 Å². The third-order valence-electron chi connectivity index (χ3n) is 3.32. The average Bonchev–Trinajstić information content (AvgIpc) is 2.46. The van der Waals surface area contributed by atoms with Gasteiger partial charge in [0.05, 0.1) is 12.7 Å². The molecule has 0 heterocycles. The summed E-state index contributed by atoms with van der Waals surface area (Å²) < 4.78 is 7.21. The summed E-state index contributed by atoms with van der Waals surface area (Å²) in [7, 11) is 1.95. The first-order chi connectivity index (χ1) is 9.72. The Morgan fingerprint density at radius 3 is 2.50 bits per heavy atom. The fourth-order valence-electron chi connectivity index (χ4n) is 2.20. The van der Waals surface area contributed by atoms with Crippen LogP contribution in [0.25, 0.3) is 0 Å². The van der Waals surface area contributed by atoms with Gasteiger partial charge in [-0.2, -0.15) is 0 Å². The number of rotatable bonds is 6. The minimum absolute atomic E-state index is 0.0632. The second kappa shape index (κ2) is 7.58. The van der Waals surface area contributed by atoms with Crippen LogP contribution in [0.2, 0.25) is 0 Å². The highest BCUT2D eigenvalue weighted by Gasteiger charge is 2.14.